The highest BCUT2D eigenvalue weighted by Gasteiger charge is 2.21. The van der Waals surface area contributed by atoms with Crippen molar-refractivity contribution < 1.29 is 8.42 Å². The summed E-state index contributed by atoms with van der Waals surface area (Å²) >= 11 is 3.30. The predicted molar refractivity (Wildman–Crippen MR) is 104 cm³/mol. The molecule has 0 bridgehead atoms. The lowest BCUT2D eigenvalue weighted by Crippen LogP contribution is -2.49. The first-order chi connectivity index (χ1) is 11.5. The van der Waals surface area contributed by atoms with E-state index < -0.39 is 10.0 Å². The number of sulfonamides is 1. The van der Waals surface area contributed by atoms with Gasteiger partial charge in [-0.25, -0.2) is 13.1 Å². The van der Waals surface area contributed by atoms with Crippen LogP contribution in [0.2, 0.25) is 0 Å². The molecule has 0 aliphatic carbocycles. The molecule has 1 aliphatic rings. The molecule has 6 nitrogen and oxygen atoms in total. The number of rotatable bonds is 6. The molecule has 1 aliphatic heterocycles. The second-order valence-corrected chi connectivity index (χ2v) is 10.3. The average Bonchev–Trinajstić information content (AvgIpc) is 3.02. The van der Waals surface area contributed by atoms with Crippen LogP contribution in [-0.4, -0.2) is 63.5 Å². The van der Waals surface area contributed by atoms with Crippen LogP contribution in [0.25, 0.3) is 0 Å². The molecule has 0 amide bonds. The van der Waals surface area contributed by atoms with Gasteiger partial charge in [0.2, 0.25) is 10.0 Å². The molecule has 24 heavy (non-hydrogen) atoms. The Labute approximate surface area is 153 Å². The number of thioether (sulfide) groups is 1. The minimum Gasteiger partial charge on any atom is -0.355 e. The van der Waals surface area contributed by atoms with Crippen molar-refractivity contribution in [2.75, 3.05) is 39.0 Å². The van der Waals surface area contributed by atoms with Crippen LogP contribution in [0.4, 0.5) is 0 Å². The number of thiophene rings is 1. The predicted octanol–water partition coefficient (Wildman–Crippen LogP) is 1.74. The molecule has 0 radical (unpaired) electrons. The summed E-state index contributed by atoms with van der Waals surface area (Å²) in [5.41, 5.74) is 0. The third-order valence-corrected chi connectivity index (χ3v) is 8.11. The number of aryl methyl sites for hydroxylation is 1. The van der Waals surface area contributed by atoms with Gasteiger partial charge in [-0.3, -0.25) is 4.99 Å². The molecule has 1 aromatic rings. The number of hydrogen-bond acceptors (Lipinski definition) is 5. The fourth-order valence-corrected chi connectivity index (χ4v) is 6.02. The molecule has 1 fully saturated rings. The zero-order valence-electron chi connectivity index (χ0n) is 14.4. The van der Waals surface area contributed by atoms with Crippen molar-refractivity contribution in [3.05, 3.63) is 17.0 Å². The Bertz CT molecular complexity index is 657. The molecule has 2 heterocycles. The Hall–Kier alpha value is -0.770. The van der Waals surface area contributed by atoms with E-state index in [1.54, 1.807) is 13.1 Å². The lowest BCUT2D eigenvalue weighted by atomic mass is 10.3. The van der Waals surface area contributed by atoms with E-state index in [4.69, 9.17) is 0 Å². The van der Waals surface area contributed by atoms with Gasteiger partial charge in [-0.1, -0.05) is 6.92 Å². The molecule has 1 saturated heterocycles. The molecule has 0 spiro atoms. The van der Waals surface area contributed by atoms with Crippen molar-refractivity contribution in [2.45, 2.75) is 29.7 Å². The first-order valence-corrected chi connectivity index (χ1v) is 11.4. The van der Waals surface area contributed by atoms with Crippen molar-refractivity contribution in [1.29, 1.82) is 0 Å². The van der Waals surface area contributed by atoms with E-state index in [1.807, 2.05) is 24.8 Å². The van der Waals surface area contributed by atoms with Crippen LogP contribution in [0.1, 0.15) is 18.2 Å². The molecule has 1 unspecified atom stereocenters. The second kappa shape index (κ2) is 9.07. The van der Waals surface area contributed by atoms with E-state index in [2.05, 4.69) is 26.9 Å². The van der Waals surface area contributed by atoms with E-state index >= 15 is 0 Å². The van der Waals surface area contributed by atoms with Crippen molar-refractivity contribution in [3.8, 4) is 0 Å². The van der Waals surface area contributed by atoms with Gasteiger partial charge in [0.05, 0.1) is 0 Å². The quantitative estimate of drug-likeness (QED) is 0.440. The smallest absolute Gasteiger partial charge is 0.250 e. The van der Waals surface area contributed by atoms with Crippen LogP contribution >= 0.6 is 23.1 Å². The maximum Gasteiger partial charge on any atom is 0.250 e. The Balaban J connectivity index is 1.80. The van der Waals surface area contributed by atoms with Crippen LogP contribution < -0.4 is 10.0 Å². The SMILES string of the molecule is CCC1CN(C(=NC)NCCNS(=O)(=O)c2ccc(C)s2)CCS1. The largest absolute Gasteiger partial charge is 0.355 e. The van der Waals surface area contributed by atoms with Crippen LogP contribution in [0.15, 0.2) is 21.3 Å². The highest BCUT2D eigenvalue weighted by molar-refractivity contribution is 8.00. The summed E-state index contributed by atoms with van der Waals surface area (Å²) in [5, 5.41) is 3.89. The lowest BCUT2D eigenvalue weighted by Gasteiger charge is -2.34. The zero-order valence-corrected chi connectivity index (χ0v) is 16.9. The van der Waals surface area contributed by atoms with Crippen molar-refractivity contribution >= 4 is 39.1 Å². The first-order valence-electron chi connectivity index (χ1n) is 8.09. The second-order valence-electron chi connectivity index (χ2n) is 5.58. The van der Waals surface area contributed by atoms with E-state index in [9.17, 15) is 8.42 Å². The van der Waals surface area contributed by atoms with Gasteiger partial charge in [-0.05, 0) is 25.5 Å². The van der Waals surface area contributed by atoms with Gasteiger partial charge in [0, 0.05) is 49.1 Å². The Morgan fingerprint density at radius 3 is 2.83 bits per heavy atom. The molecule has 2 N–H and O–H groups in total. The summed E-state index contributed by atoms with van der Waals surface area (Å²) in [7, 11) is -1.64. The number of guanidine groups is 1. The summed E-state index contributed by atoms with van der Waals surface area (Å²) in [4.78, 5) is 7.56. The van der Waals surface area contributed by atoms with Crippen LogP contribution in [0.5, 0.6) is 0 Å². The number of hydrogen-bond donors (Lipinski definition) is 2. The third-order valence-electron chi connectivity index (χ3n) is 3.79. The molecular weight excluding hydrogens is 364 g/mol. The van der Waals surface area contributed by atoms with E-state index in [0.717, 1.165) is 36.1 Å². The van der Waals surface area contributed by atoms with Gasteiger partial charge in [0.1, 0.15) is 4.21 Å². The Kier molecular flexibility index (Phi) is 7.39. The summed E-state index contributed by atoms with van der Waals surface area (Å²) in [6.45, 7) is 6.91. The molecule has 0 saturated carbocycles. The molecular formula is C15H26N4O2S3. The molecule has 1 atom stereocenters. The van der Waals surface area contributed by atoms with Crippen LogP contribution in [-0.2, 0) is 10.0 Å². The summed E-state index contributed by atoms with van der Waals surface area (Å²) in [5.74, 6) is 1.95. The molecule has 2 rings (SSSR count). The third kappa shape index (κ3) is 5.37. The standard InChI is InChI=1S/C15H26N4O2S3/c1-4-13-11-19(9-10-22-13)15(16-3)17-7-8-18-24(20,21)14-6-5-12(2)23-14/h5-6,13,18H,4,7-11H2,1-3H3,(H,16,17). The summed E-state index contributed by atoms with van der Waals surface area (Å²) in [6, 6.07) is 3.46. The van der Waals surface area contributed by atoms with E-state index in [-0.39, 0.29) is 0 Å². The van der Waals surface area contributed by atoms with Crippen molar-refractivity contribution in [1.82, 2.24) is 14.9 Å². The highest BCUT2D eigenvalue weighted by Crippen LogP contribution is 2.21. The van der Waals surface area contributed by atoms with Crippen molar-refractivity contribution in [3.63, 3.8) is 0 Å². The fraction of sp³-hybridized carbons (Fsp3) is 0.667. The monoisotopic (exact) mass is 390 g/mol. The van der Waals surface area contributed by atoms with Crippen LogP contribution in [0.3, 0.4) is 0 Å². The van der Waals surface area contributed by atoms with Gasteiger partial charge in [-0.2, -0.15) is 11.8 Å². The van der Waals surface area contributed by atoms with Gasteiger partial charge < -0.3 is 10.2 Å². The first kappa shape index (κ1) is 19.6. The average molecular weight is 391 g/mol. The summed E-state index contributed by atoms with van der Waals surface area (Å²) in [6.07, 6.45) is 1.15. The van der Waals surface area contributed by atoms with Gasteiger partial charge in [0.25, 0.3) is 0 Å². The molecule has 1 aromatic heterocycles. The van der Waals surface area contributed by atoms with E-state index in [1.165, 1.54) is 11.3 Å². The van der Waals surface area contributed by atoms with Gasteiger partial charge in [0.15, 0.2) is 5.96 Å². The van der Waals surface area contributed by atoms with Crippen molar-refractivity contribution in [2.24, 2.45) is 4.99 Å². The van der Waals surface area contributed by atoms with Gasteiger partial charge >= 0.3 is 0 Å². The maximum absolute atomic E-state index is 12.2. The maximum atomic E-state index is 12.2. The minimum absolute atomic E-state index is 0.331. The number of nitrogens with zero attached hydrogens (tertiary/aromatic N) is 2. The zero-order chi connectivity index (χ0) is 17.6. The number of nitrogens with one attached hydrogen (secondary N) is 2. The molecule has 136 valence electrons. The molecule has 0 aromatic carbocycles. The lowest BCUT2D eigenvalue weighted by molar-refractivity contribution is 0.408. The minimum atomic E-state index is -3.41. The fourth-order valence-electron chi connectivity index (χ4n) is 2.48. The molecule has 9 heteroatoms. The summed E-state index contributed by atoms with van der Waals surface area (Å²) < 4.78 is 27.3. The topological polar surface area (TPSA) is 73.8 Å². The normalized spacial score (nSPS) is 19.5. The van der Waals surface area contributed by atoms with E-state index in [0.29, 0.717) is 22.5 Å². The van der Waals surface area contributed by atoms with Gasteiger partial charge in [-0.15, -0.1) is 11.3 Å². The highest BCUT2D eigenvalue weighted by atomic mass is 32.2. The Morgan fingerprint density at radius 2 is 2.21 bits per heavy atom. The number of aliphatic imine (C=N–C) groups is 1. The Morgan fingerprint density at radius 1 is 1.42 bits per heavy atom. The van der Waals surface area contributed by atoms with Crippen LogP contribution in [0, 0.1) is 6.92 Å².